The highest BCUT2D eigenvalue weighted by atomic mass is 32.1. The minimum Gasteiger partial charge on any atom is -0.497 e. The molecule has 2 heterocycles. The van der Waals surface area contributed by atoms with Gasteiger partial charge in [-0.2, -0.15) is 5.26 Å². The lowest BCUT2D eigenvalue weighted by Crippen LogP contribution is -2.49. The van der Waals surface area contributed by atoms with Crippen LogP contribution in [0.3, 0.4) is 0 Å². The van der Waals surface area contributed by atoms with Crippen LogP contribution in [0.5, 0.6) is 5.75 Å². The maximum Gasteiger partial charge on any atom is 0.226 e. The number of hydrogen-bond acceptors (Lipinski definition) is 6. The van der Waals surface area contributed by atoms with Gasteiger partial charge in [0.15, 0.2) is 0 Å². The Morgan fingerprint density at radius 2 is 1.82 bits per heavy atom. The van der Waals surface area contributed by atoms with E-state index in [1.807, 2.05) is 29.2 Å². The van der Waals surface area contributed by atoms with Gasteiger partial charge < -0.3 is 15.0 Å². The first-order valence-corrected chi connectivity index (χ1v) is 12.9. The van der Waals surface area contributed by atoms with Crippen LogP contribution in [0, 0.1) is 11.3 Å². The van der Waals surface area contributed by atoms with Crippen molar-refractivity contribution >= 4 is 28.2 Å². The average molecular weight is 481 g/mol. The summed E-state index contributed by atoms with van der Waals surface area (Å²) in [6, 6.07) is 10.1. The molecule has 1 N–H and O–H groups in total. The number of ether oxygens (including phenoxy) is 1. The predicted molar refractivity (Wildman–Crippen MR) is 133 cm³/mol. The van der Waals surface area contributed by atoms with Crippen LogP contribution in [0.1, 0.15) is 47.3 Å². The number of nitrogens with one attached hydrogen (secondary N) is 1. The van der Waals surface area contributed by atoms with E-state index in [0.29, 0.717) is 43.0 Å². The van der Waals surface area contributed by atoms with Gasteiger partial charge in [-0.1, -0.05) is 12.1 Å². The maximum atomic E-state index is 12.6. The number of carbonyl (C=O) groups excluding carboxylic acids is 2. The van der Waals surface area contributed by atoms with Crippen molar-refractivity contribution in [2.45, 2.75) is 44.9 Å². The first-order valence-electron chi connectivity index (χ1n) is 12.0. The number of amides is 2. The Bertz CT molecular complexity index is 1050. The minimum absolute atomic E-state index is 0.0481. The van der Waals surface area contributed by atoms with Crippen LogP contribution in [0.25, 0.3) is 0 Å². The highest BCUT2D eigenvalue weighted by Crippen LogP contribution is 2.37. The van der Waals surface area contributed by atoms with E-state index < -0.39 is 0 Å². The molecule has 1 aliphatic heterocycles. The molecule has 0 saturated carbocycles. The van der Waals surface area contributed by atoms with Gasteiger partial charge in [0.05, 0.1) is 12.7 Å². The van der Waals surface area contributed by atoms with Crippen molar-refractivity contribution in [2.24, 2.45) is 0 Å². The molecule has 2 aromatic rings. The molecule has 1 aromatic heterocycles. The number of methoxy groups -OCH3 is 1. The van der Waals surface area contributed by atoms with Gasteiger partial charge in [-0.05, 0) is 55.4 Å². The number of hydrogen-bond donors (Lipinski definition) is 1. The monoisotopic (exact) mass is 480 g/mol. The van der Waals surface area contributed by atoms with Crippen LogP contribution in [0.2, 0.25) is 0 Å². The molecule has 7 nitrogen and oxygen atoms in total. The van der Waals surface area contributed by atoms with E-state index in [1.54, 1.807) is 18.4 Å². The molecular weight excluding hydrogens is 448 g/mol. The molecule has 2 amide bonds. The van der Waals surface area contributed by atoms with E-state index in [1.165, 1.54) is 4.88 Å². The quantitative estimate of drug-likeness (QED) is 0.624. The van der Waals surface area contributed by atoms with E-state index in [2.05, 4.69) is 16.3 Å². The Morgan fingerprint density at radius 3 is 2.53 bits per heavy atom. The molecule has 4 rings (SSSR count). The summed E-state index contributed by atoms with van der Waals surface area (Å²) < 4.78 is 5.17. The van der Waals surface area contributed by atoms with Gasteiger partial charge in [-0.3, -0.25) is 14.5 Å². The maximum absolute atomic E-state index is 12.6. The zero-order valence-electron chi connectivity index (χ0n) is 19.8. The molecule has 1 aromatic carbocycles. The fraction of sp³-hybridized carbons (Fsp3) is 0.500. The third kappa shape index (κ3) is 5.96. The summed E-state index contributed by atoms with van der Waals surface area (Å²) >= 11 is 1.57. The molecule has 0 atom stereocenters. The number of carbonyl (C=O) groups is 2. The van der Waals surface area contributed by atoms with Crippen LogP contribution in [-0.4, -0.2) is 61.4 Å². The number of thiophene rings is 1. The Kier molecular flexibility index (Phi) is 8.20. The summed E-state index contributed by atoms with van der Waals surface area (Å²) in [5.41, 5.74) is 2.93. The van der Waals surface area contributed by atoms with E-state index in [9.17, 15) is 14.9 Å². The van der Waals surface area contributed by atoms with Gasteiger partial charge >= 0.3 is 0 Å². The van der Waals surface area contributed by atoms with E-state index >= 15 is 0 Å². The number of rotatable bonds is 8. The van der Waals surface area contributed by atoms with Crippen molar-refractivity contribution in [1.29, 1.82) is 5.26 Å². The number of piperazine rings is 1. The zero-order chi connectivity index (χ0) is 23.9. The van der Waals surface area contributed by atoms with Crippen molar-refractivity contribution in [2.75, 3.05) is 45.2 Å². The number of benzene rings is 1. The van der Waals surface area contributed by atoms with Crippen molar-refractivity contribution in [3.8, 4) is 11.8 Å². The molecule has 34 heavy (non-hydrogen) atoms. The van der Waals surface area contributed by atoms with Gasteiger partial charge in [-0.25, -0.2) is 0 Å². The molecule has 0 spiro atoms. The lowest BCUT2D eigenvalue weighted by atomic mass is 9.96. The second-order valence-electron chi connectivity index (χ2n) is 8.90. The summed E-state index contributed by atoms with van der Waals surface area (Å²) in [4.78, 5) is 30.6. The predicted octanol–water partition coefficient (Wildman–Crippen LogP) is 3.61. The van der Waals surface area contributed by atoms with E-state index in [4.69, 9.17) is 4.74 Å². The fourth-order valence-corrected chi connectivity index (χ4v) is 5.90. The van der Waals surface area contributed by atoms with Crippen LogP contribution >= 0.6 is 11.3 Å². The Hall–Kier alpha value is -2.89. The van der Waals surface area contributed by atoms with Crippen LogP contribution < -0.4 is 10.1 Å². The average Bonchev–Trinajstić information content (AvgIpc) is 3.23. The summed E-state index contributed by atoms with van der Waals surface area (Å²) in [5.74, 6) is 0.951. The van der Waals surface area contributed by atoms with Gasteiger partial charge in [0.2, 0.25) is 11.8 Å². The lowest BCUT2D eigenvalue weighted by molar-refractivity contribution is -0.133. The standard InChI is InChI=1S/C26H32N4O3S/c1-33-20-9-6-19(7-10-20)8-11-25(32)30-16-14-29(15-17-30)13-12-24(31)28-26-22(18-27)21-4-2-3-5-23(21)34-26/h6-7,9-10H,2-5,8,11-17H2,1H3,(H,28,31). The Morgan fingerprint density at radius 1 is 1.09 bits per heavy atom. The molecule has 0 radical (unpaired) electrons. The molecule has 2 aliphatic rings. The molecule has 1 aliphatic carbocycles. The van der Waals surface area contributed by atoms with Gasteiger partial charge in [0.25, 0.3) is 0 Å². The number of anilines is 1. The highest BCUT2D eigenvalue weighted by molar-refractivity contribution is 7.16. The first-order chi connectivity index (χ1) is 16.6. The topological polar surface area (TPSA) is 85.7 Å². The molecular formula is C26H32N4O3S. The van der Waals surface area contributed by atoms with Crippen LogP contribution in [-0.2, 0) is 28.9 Å². The summed E-state index contributed by atoms with van der Waals surface area (Å²) in [6.07, 6.45) is 5.82. The zero-order valence-corrected chi connectivity index (χ0v) is 20.6. The van der Waals surface area contributed by atoms with Crippen LogP contribution in [0.15, 0.2) is 24.3 Å². The van der Waals surface area contributed by atoms with Gasteiger partial charge in [-0.15, -0.1) is 11.3 Å². The number of fused-ring (bicyclic) bond motifs is 1. The van der Waals surface area contributed by atoms with Crippen molar-refractivity contribution in [3.05, 3.63) is 45.8 Å². The minimum atomic E-state index is -0.0481. The molecule has 0 unspecified atom stereocenters. The molecule has 180 valence electrons. The first kappa shape index (κ1) is 24.2. The van der Waals surface area contributed by atoms with Gasteiger partial charge in [0, 0.05) is 50.4 Å². The van der Waals surface area contributed by atoms with Gasteiger partial charge in [0.1, 0.15) is 16.8 Å². The van der Waals surface area contributed by atoms with E-state index in [0.717, 1.165) is 62.1 Å². The molecule has 1 saturated heterocycles. The van der Waals surface area contributed by atoms with Crippen molar-refractivity contribution in [3.63, 3.8) is 0 Å². The van der Waals surface area contributed by atoms with Crippen molar-refractivity contribution < 1.29 is 14.3 Å². The second-order valence-corrected chi connectivity index (χ2v) is 10.0. The third-order valence-electron chi connectivity index (χ3n) is 6.70. The number of nitriles is 1. The smallest absolute Gasteiger partial charge is 0.226 e. The second kappa shape index (κ2) is 11.5. The molecule has 8 heteroatoms. The Balaban J connectivity index is 1.18. The summed E-state index contributed by atoms with van der Waals surface area (Å²) in [7, 11) is 1.64. The SMILES string of the molecule is COc1ccc(CCC(=O)N2CCN(CCC(=O)Nc3sc4c(c3C#N)CCCC4)CC2)cc1. The van der Waals surface area contributed by atoms with Crippen molar-refractivity contribution in [1.82, 2.24) is 9.80 Å². The highest BCUT2D eigenvalue weighted by Gasteiger charge is 2.23. The molecule has 0 bridgehead atoms. The fourth-order valence-electron chi connectivity index (χ4n) is 4.64. The number of aryl methyl sites for hydroxylation is 2. The largest absolute Gasteiger partial charge is 0.497 e. The third-order valence-corrected chi connectivity index (χ3v) is 7.91. The Labute approximate surface area is 205 Å². The van der Waals surface area contributed by atoms with E-state index in [-0.39, 0.29) is 11.8 Å². The van der Waals surface area contributed by atoms with Crippen LogP contribution in [0.4, 0.5) is 5.00 Å². The summed E-state index contributed by atoms with van der Waals surface area (Å²) in [5, 5.41) is 13.3. The summed E-state index contributed by atoms with van der Waals surface area (Å²) in [6.45, 7) is 3.60. The number of nitrogens with zero attached hydrogens (tertiary/aromatic N) is 3. The normalized spacial score (nSPS) is 15.9. The lowest BCUT2D eigenvalue weighted by Gasteiger charge is -2.34. The molecule has 1 fully saturated rings.